The van der Waals surface area contributed by atoms with Crippen LogP contribution < -0.4 is 5.73 Å². The molecule has 0 aromatic rings. The number of likely N-dealkylation sites (tertiary alicyclic amines) is 1. The minimum atomic E-state index is 0.205. The third kappa shape index (κ3) is 2.40. The lowest BCUT2D eigenvalue weighted by Gasteiger charge is -2.31. The Morgan fingerprint density at radius 3 is 2.56 bits per heavy atom. The summed E-state index contributed by atoms with van der Waals surface area (Å²) in [6, 6.07) is 0.679. The zero-order valence-corrected chi connectivity index (χ0v) is 10.5. The summed E-state index contributed by atoms with van der Waals surface area (Å²) in [5, 5.41) is 0. The fourth-order valence-electron chi connectivity index (χ4n) is 3.29. The molecule has 2 N–H and O–H groups in total. The van der Waals surface area contributed by atoms with Crippen LogP contribution in [0.15, 0.2) is 0 Å². The molecule has 4 atom stereocenters. The molecule has 0 radical (unpaired) electrons. The van der Waals surface area contributed by atoms with E-state index in [2.05, 4.69) is 18.7 Å². The molecule has 0 aromatic carbocycles. The largest absolute Gasteiger partial charge is 0.339 e. The second-order valence-corrected chi connectivity index (χ2v) is 5.80. The van der Waals surface area contributed by atoms with Crippen molar-refractivity contribution in [2.75, 3.05) is 6.54 Å². The number of rotatable bonds is 1. The molecule has 3 heteroatoms. The average Bonchev–Trinajstić information content (AvgIpc) is 2.57. The molecule has 16 heavy (non-hydrogen) atoms. The highest BCUT2D eigenvalue weighted by atomic mass is 16.2. The quantitative estimate of drug-likeness (QED) is 0.737. The first-order valence-electron chi connectivity index (χ1n) is 6.64. The van der Waals surface area contributed by atoms with Crippen molar-refractivity contribution in [2.45, 2.75) is 58.0 Å². The normalized spacial score (nSPS) is 40.1. The summed E-state index contributed by atoms with van der Waals surface area (Å²) >= 11 is 0. The van der Waals surface area contributed by atoms with Crippen LogP contribution in [0.3, 0.4) is 0 Å². The Morgan fingerprint density at radius 1 is 1.25 bits per heavy atom. The van der Waals surface area contributed by atoms with E-state index < -0.39 is 0 Å². The monoisotopic (exact) mass is 224 g/mol. The van der Waals surface area contributed by atoms with Crippen LogP contribution in [0, 0.1) is 11.8 Å². The van der Waals surface area contributed by atoms with Gasteiger partial charge in [0.05, 0.1) is 0 Å². The number of carbonyl (C=O) groups is 1. The SMILES string of the molecule is CC1CC(C)N(C(=O)C2CCCC(N)C2)C1. The van der Waals surface area contributed by atoms with Crippen molar-refractivity contribution in [3.63, 3.8) is 0 Å². The van der Waals surface area contributed by atoms with Crippen molar-refractivity contribution in [1.29, 1.82) is 0 Å². The van der Waals surface area contributed by atoms with Gasteiger partial charge in [-0.15, -0.1) is 0 Å². The number of nitrogens with two attached hydrogens (primary N) is 1. The van der Waals surface area contributed by atoms with Crippen LogP contribution in [-0.4, -0.2) is 29.4 Å². The van der Waals surface area contributed by atoms with Crippen LogP contribution in [0.2, 0.25) is 0 Å². The summed E-state index contributed by atoms with van der Waals surface area (Å²) in [6.45, 7) is 5.35. The maximum Gasteiger partial charge on any atom is 0.225 e. The summed E-state index contributed by atoms with van der Waals surface area (Å²) in [5.41, 5.74) is 5.95. The van der Waals surface area contributed by atoms with Crippen LogP contribution in [0.4, 0.5) is 0 Å². The number of carbonyl (C=O) groups excluding carboxylic acids is 1. The van der Waals surface area contributed by atoms with Gasteiger partial charge < -0.3 is 10.6 Å². The van der Waals surface area contributed by atoms with E-state index in [-0.39, 0.29) is 12.0 Å². The van der Waals surface area contributed by atoms with Crippen LogP contribution in [0.25, 0.3) is 0 Å². The molecule has 2 fully saturated rings. The van der Waals surface area contributed by atoms with Crippen molar-refractivity contribution < 1.29 is 4.79 Å². The smallest absolute Gasteiger partial charge is 0.225 e. The Morgan fingerprint density at radius 2 is 2.00 bits per heavy atom. The summed E-state index contributed by atoms with van der Waals surface area (Å²) in [4.78, 5) is 14.5. The highest BCUT2D eigenvalue weighted by Crippen LogP contribution is 2.29. The van der Waals surface area contributed by atoms with Gasteiger partial charge in [-0.2, -0.15) is 0 Å². The molecule has 1 saturated carbocycles. The van der Waals surface area contributed by atoms with Gasteiger partial charge in [-0.1, -0.05) is 13.3 Å². The fraction of sp³-hybridized carbons (Fsp3) is 0.923. The Balaban J connectivity index is 1.96. The van der Waals surface area contributed by atoms with Gasteiger partial charge in [-0.25, -0.2) is 0 Å². The Bertz CT molecular complexity index is 267. The van der Waals surface area contributed by atoms with Crippen molar-refractivity contribution >= 4 is 5.91 Å². The predicted molar refractivity (Wildman–Crippen MR) is 64.9 cm³/mol. The summed E-state index contributed by atoms with van der Waals surface area (Å²) in [7, 11) is 0. The van der Waals surface area contributed by atoms with Gasteiger partial charge >= 0.3 is 0 Å². The Hall–Kier alpha value is -0.570. The molecule has 0 bridgehead atoms. The van der Waals surface area contributed by atoms with E-state index in [9.17, 15) is 4.79 Å². The van der Waals surface area contributed by atoms with Crippen LogP contribution >= 0.6 is 0 Å². The molecule has 1 aliphatic carbocycles. The Kier molecular flexibility index (Phi) is 3.53. The summed E-state index contributed by atoms with van der Waals surface area (Å²) in [5.74, 6) is 1.24. The second-order valence-electron chi connectivity index (χ2n) is 5.80. The lowest BCUT2D eigenvalue weighted by molar-refractivity contribution is -0.137. The van der Waals surface area contributed by atoms with Crippen molar-refractivity contribution in [3.8, 4) is 0 Å². The molecule has 0 aromatic heterocycles. The van der Waals surface area contributed by atoms with Gasteiger partial charge in [0.2, 0.25) is 5.91 Å². The average molecular weight is 224 g/mol. The molecule has 4 unspecified atom stereocenters. The molecule has 0 spiro atoms. The highest BCUT2D eigenvalue weighted by Gasteiger charge is 2.35. The number of hydrogen-bond donors (Lipinski definition) is 1. The van der Waals surface area contributed by atoms with Crippen LogP contribution in [0.5, 0.6) is 0 Å². The lowest BCUT2D eigenvalue weighted by atomic mass is 9.85. The van der Waals surface area contributed by atoms with Crippen LogP contribution in [0.1, 0.15) is 46.0 Å². The predicted octanol–water partition coefficient (Wildman–Crippen LogP) is 1.76. The molecule has 3 nitrogen and oxygen atoms in total. The van der Waals surface area contributed by atoms with Crippen molar-refractivity contribution in [1.82, 2.24) is 4.90 Å². The van der Waals surface area contributed by atoms with Gasteiger partial charge in [-0.3, -0.25) is 4.79 Å². The first kappa shape index (κ1) is 11.9. The zero-order valence-electron chi connectivity index (χ0n) is 10.5. The number of amides is 1. The maximum atomic E-state index is 12.4. The third-order valence-corrected chi connectivity index (χ3v) is 4.13. The minimum Gasteiger partial charge on any atom is -0.339 e. The van der Waals surface area contributed by atoms with E-state index in [0.717, 1.165) is 38.6 Å². The molecular formula is C13H24N2O. The molecule has 2 aliphatic rings. The van der Waals surface area contributed by atoms with Gasteiger partial charge in [-0.05, 0) is 38.5 Å². The zero-order chi connectivity index (χ0) is 11.7. The molecule has 92 valence electrons. The molecule has 1 aliphatic heterocycles. The summed E-state index contributed by atoms with van der Waals surface area (Å²) in [6.07, 6.45) is 5.32. The van der Waals surface area contributed by atoms with Crippen molar-refractivity contribution in [2.24, 2.45) is 17.6 Å². The van der Waals surface area contributed by atoms with E-state index >= 15 is 0 Å². The first-order chi connectivity index (χ1) is 7.58. The maximum absolute atomic E-state index is 12.4. The van der Waals surface area contributed by atoms with Crippen LogP contribution in [-0.2, 0) is 4.79 Å². The third-order valence-electron chi connectivity index (χ3n) is 4.13. The van der Waals surface area contributed by atoms with E-state index in [0.29, 0.717) is 17.9 Å². The number of hydrogen-bond acceptors (Lipinski definition) is 2. The Labute approximate surface area is 98.4 Å². The highest BCUT2D eigenvalue weighted by molar-refractivity contribution is 5.79. The molecule has 1 amide bonds. The summed E-state index contributed by atoms with van der Waals surface area (Å²) < 4.78 is 0. The van der Waals surface area contributed by atoms with E-state index in [1.807, 2.05) is 0 Å². The molecule has 2 rings (SSSR count). The molecular weight excluding hydrogens is 200 g/mol. The molecule has 1 heterocycles. The van der Waals surface area contributed by atoms with Crippen molar-refractivity contribution in [3.05, 3.63) is 0 Å². The van der Waals surface area contributed by atoms with E-state index in [1.165, 1.54) is 0 Å². The van der Waals surface area contributed by atoms with E-state index in [1.54, 1.807) is 0 Å². The molecule has 1 saturated heterocycles. The fourth-order valence-corrected chi connectivity index (χ4v) is 3.29. The standard InChI is InChI=1S/C13H24N2O/c1-9-6-10(2)15(8-9)13(16)11-4-3-5-12(14)7-11/h9-12H,3-8,14H2,1-2H3. The van der Waals surface area contributed by atoms with Gasteiger partial charge in [0.15, 0.2) is 0 Å². The van der Waals surface area contributed by atoms with Gasteiger partial charge in [0.25, 0.3) is 0 Å². The minimum absolute atomic E-state index is 0.205. The first-order valence-corrected chi connectivity index (χ1v) is 6.64. The van der Waals surface area contributed by atoms with Gasteiger partial charge in [0, 0.05) is 24.5 Å². The second kappa shape index (κ2) is 4.74. The number of nitrogens with zero attached hydrogens (tertiary/aromatic N) is 1. The topological polar surface area (TPSA) is 46.3 Å². The van der Waals surface area contributed by atoms with E-state index in [4.69, 9.17) is 5.73 Å². The van der Waals surface area contributed by atoms with Gasteiger partial charge in [0.1, 0.15) is 0 Å². The lowest BCUT2D eigenvalue weighted by Crippen LogP contribution is -2.42.